The molecule has 4 rings (SSSR count). The van der Waals surface area contributed by atoms with E-state index in [1.165, 1.54) is 27.6 Å². The molecule has 0 aliphatic heterocycles. The van der Waals surface area contributed by atoms with Gasteiger partial charge in [0.25, 0.3) is 0 Å². The summed E-state index contributed by atoms with van der Waals surface area (Å²) < 4.78 is 6.65. The highest BCUT2D eigenvalue weighted by Gasteiger charge is 2.31. The second kappa shape index (κ2) is 11.7. The van der Waals surface area contributed by atoms with Gasteiger partial charge < -0.3 is 9.84 Å². The summed E-state index contributed by atoms with van der Waals surface area (Å²) in [7, 11) is 0.522. The maximum absolute atomic E-state index is 10.0. The van der Waals surface area contributed by atoms with Crippen LogP contribution in [0.5, 0.6) is 5.75 Å². The van der Waals surface area contributed by atoms with Gasteiger partial charge in [-0.05, 0) is 46.5 Å². The summed E-state index contributed by atoms with van der Waals surface area (Å²) in [6.07, 6.45) is 1.80. The van der Waals surface area contributed by atoms with Crippen LogP contribution >= 0.6 is 8.58 Å². The van der Waals surface area contributed by atoms with E-state index in [0.717, 1.165) is 29.7 Å². The minimum atomic E-state index is -0.116. The third-order valence-electron chi connectivity index (χ3n) is 6.79. The quantitative estimate of drug-likeness (QED) is 0.241. The SMILES string of the molecule is CCC(C)(Pc1c(C)cccc1CO)c1cccc(Cc2ccccc2)c1OCc1ccccc1. The van der Waals surface area contributed by atoms with Crippen molar-refractivity contribution < 1.29 is 9.84 Å². The summed E-state index contributed by atoms with van der Waals surface area (Å²) in [5.74, 6) is 0.996. The Kier molecular flexibility index (Phi) is 8.39. The first-order chi connectivity index (χ1) is 17.0. The lowest BCUT2D eigenvalue weighted by Crippen LogP contribution is -2.23. The van der Waals surface area contributed by atoms with Gasteiger partial charge in [-0.3, -0.25) is 0 Å². The lowest BCUT2D eigenvalue weighted by molar-refractivity contribution is 0.283. The van der Waals surface area contributed by atoms with Crippen molar-refractivity contribution in [1.82, 2.24) is 0 Å². The monoisotopic (exact) mass is 482 g/mol. The Labute approximate surface area is 211 Å². The van der Waals surface area contributed by atoms with E-state index in [1.54, 1.807) is 0 Å². The third kappa shape index (κ3) is 6.01. The zero-order chi connectivity index (χ0) is 24.7. The van der Waals surface area contributed by atoms with Gasteiger partial charge in [-0.15, -0.1) is 0 Å². The Bertz CT molecular complexity index is 1240. The van der Waals surface area contributed by atoms with Gasteiger partial charge in [-0.1, -0.05) is 119 Å². The highest BCUT2D eigenvalue weighted by Crippen LogP contribution is 2.49. The van der Waals surface area contributed by atoms with E-state index >= 15 is 0 Å². The van der Waals surface area contributed by atoms with Crippen molar-refractivity contribution in [3.05, 3.63) is 130 Å². The molecular formula is C32H35O2P. The first-order valence-corrected chi connectivity index (χ1v) is 13.3. The number of rotatable bonds is 10. The summed E-state index contributed by atoms with van der Waals surface area (Å²) in [5, 5.41) is 11.2. The number of hydrogen-bond donors (Lipinski definition) is 1. The van der Waals surface area contributed by atoms with Crippen LogP contribution in [0.1, 0.15) is 53.6 Å². The van der Waals surface area contributed by atoms with Gasteiger partial charge in [-0.2, -0.15) is 0 Å². The molecule has 180 valence electrons. The second-order valence-corrected chi connectivity index (χ2v) is 11.2. The molecule has 2 atom stereocenters. The third-order valence-corrected chi connectivity index (χ3v) is 8.93. The summed E-state index contributed by atoms with van der Waals surface area (Å²) in [4.78, 5) is 0. The molecule has 0 radical (unpaired) electrons. The van der Waals surface area contributed by atoms with Gasteiger partial charge in [0.2, 0.25) is 0 Å². The largest absolute Gasteiger partial charge is 0.488 e. The molecule has 1 N–H and O–H groups in total. The van der Waals surface area contributed by atoms with Crippen LogP contribution in [0.3, 0.4) is 0 Å². The minimum Gasteiger partial charge on any atom is -0.488 e. The molecule has 4 aromatic rings. The zero-order valence-corrected chi connectivity index (χ0v) is 21.9. The number of ether oxygens (including phenoxy) is 1. The van der Waals surface area contributed by atoms with Crippen LogP contribution in [-0.4, -0.2) is 5.11 Å². The van der Waals surface area contributed by atoms with E-state index in [2.05, 4.69) is 99.6 Å². The highest BCUT2D eigenvalue weighted by atomic mass is 31.1. The van der Waals surface area contributed by atoms with Gasteiger partial charge in [0, 0.05) is 17.1 Å². The Hall–Kier alpha value is -2.93. The lowest BCUT2D eigenvalue weighted by atomic mass is 9.92. The number of aliphatic hydroxyl groups is 1. The molecule has 0 bridgehead atoms. The van der Waals surface area contributed by atoms with Crippen molar-refractivity contribution in [3.63, 3.8) is 0 Å². The van der Waals surface area contributed by atoms with E-state index in [4.69, 9.17) is 4.74 Å². The minimum absolute atomic E-state index is 0.0647. The van der Waals surface area contributed by atoms with Crippen molar-refractivity contribution in [2.75, 3.05) is 0 Å². The van der Waals surface area contributed by atoms with E-state index in [1.807, 2.05) is 18.2 Å². The molecular weight excluding hydrogens is 447 g/mol. The molecule has 0 aliphatic carbocycles. The normalized spacial score (nSPS) is 13.1. The fraction of sp³-hybridized carbons (Fsp3) is 0.250. The molecule has 0 fully saturated rings. The van der Waals surface area contributed by atoms with Crippen molar-refractivity contribution in [2.24, 2.45) is 0 Å². The van der Waals surface area contributed by atoms with Gasteiger partial charge in [0.1, 0.15) is 12.4 Å². The van der Waals surface area contributed by atoms with E-state index in [9.17, 15) is 5.11 Å². The Balaban J connectivity index is 1.77. The summed E-state index contributed by atoms with van der Waals surface area (Å²) in [6, 6.07) is 33.8. The maximum Gasteiger partial charge on any atom is 0.127 e. The molecule has 0 saturated carbocycles. The fourth-order valence-electron chi connectivity index (χ4n) is 4.54. The molecule has 0 aliphatic rings. The maximum atomic E-state index is 10.0. The predicted octanol–water partition coefficient (Wildman–Crippen LogP) is 7.29. The summed E-state index contributed by atoms with van der Waals surface area (Å²) in [5.41, 5.74) is 7.15. The van der Waals surface area contributed by atoms with Crippen LogP contribution in [0.25, 0.3) is 0 Å². The first kappa shape index (κ1) is 25.2. The second-order valence-electron chi connectivity index (χ2n) is 9.31. The van der Waals surface area contributed by atoms with Crippen LogP contribution < -0.4 is 10.0 Å². The molecule has 0 aromatic heterocycles. The van der Waals surface area contributed by atoms with Gasteiger partial charge in [-0.25, -0.2) is 0 Å². The van der Waals surface area contributed by atoms with Crippen LogP contribution in [0, 0.1) is 6.92 Å². The van der Waals surface area contributed by atoms with Crippen molar-refractivity contribution >= 4 is 13.9 Å². The molecule has 35 heavy (non-hydrogen) atoms. The summed E-state index contributed by atoms with van der Waals surface area (Å²) >= 11 is 0. The average Bonchev–Trinajstić information content (AvgIpc) is 2.90. The van der Waals surface area contributed by atoms with Crippen LogP contribution in [0.15, 0.2) is 97.1 Å². The number of hydrogen-bond acceptors (Lipinski definition) is 2. The lowest BCUT2D eigenvalue weighted by Gasteiger charge is -2.33. The van der Waals surface area contributed by atoms with E-state index in [-0.39, 0.29) is 11.8 Å². The van der Waals surface area contributed by atoms with Gasteiger partial charge in [0.05, 0.1) is 6.61 Å². The molecule has 0 spiro atoms. The number of para-hydroxylation sites is 1. The molecule has 4 aromatic carbocycles. The Morgan fingerprint density at radius 1 is 0.771 bits per heavy atom. The molecule has 0 amide bonds. The standard InChI is InChI=1S/C32H35O2P/c1-4-32(3,35-31-24(2)13-11-19-28(31)22-33)29-20-12-18-27(21-25-14-7-5-8-15-25)30(29)34-23-26-16-9-6-10-17-26/h5-20,33,35H,4,21-23H2,1-3H3. The fourth-order valence-corrected chi connectivity index (χ4v) is 6.20. The van der Waals surface area contributed by atoms with Crippen LogP contribution in [-0.2, 0) is 24.8 Å². The average molecular weight is 483 g/mol. The topological polar surface area (TPSA) is 29.5 Å². The van der Waals surface area contributed by atoms with Gasteiger partial charge in [0.15, 0.2) is 0 Å². The highest BCUT2D eigenvalue weighted by molar-refractivity contribution is 7.48. The van der Waals surface area contributed by atoms with Crippen molar-refractivity contribution in [2.45, 2.75) is 52.0 Å². The number of aliphatic hydroxyl groups excluding tert-OH is 1. The van der Waals surface area contributed by atoms with Crippen LogP contribution in [0.2, 0.25) is 0 Å². The molecule has 2 unspecified atom stereocenters. The number of benzene rings is 4. The van der Waals surface area contributed by atoms with E-state index < -0.39 is 0 Å². The van der Waals surface area contributed by atoms with Crippen molar-refractivity contribution in [1.29, 1.82) is 0 Å². The predicted molar refractivity (Wildman–Crippen MR) is 149 cm³/mol. The van der Waals surface area contributed by atoms with Crippen molar-refractivity contribution in [3.8, 4) is 5.75 Å². The molecule has 0 saturated heterocycles. The molecule has 2 nitrogen and oxygen atoms in total. The van der Waals surface area contributed by atoms with Gasteiger partial charge >= 0.3 is 0 Å². The van der Waals surface area contributed by atoms with E-state index in [0.29, 0.717) is 15.2 Å². The smallest absolute Gasteiger partial charge is 0.127 e. The Morgan fingerprint density at radius 2 is 1.40 bits per heavy atom. The first-order valence-electron chi connectivity index (χ1n) is 12.3. The molecule has 0 heterocycles. The Morgan fingerprint density at radius 3 is 2.06 bits per heavy atom. The molecule has 3 heteroatoms. The summed E-state index contributed by atoms with van der Waals surface area (Å²) in [6.45, 7) is 7.35. The van der Waals surface area contributed by atoms with Crippen LogP contribution in [0.4, 0.5) is 0 Å². The number of aryl methyl sites for hydroxylation is 1. The zero-order valence-electron chi connectivity index (χ0n) is 20.9.